The Morgan fingerprint density at radius 1 is 1.47 bits per heavy atom. The van der Waals surface area contributed by atoms with E-state index in [4.69, 9.17) is 5.73 Å². The number of nitrogens with two attached hydrogens (primary N) is 1. The third-order valence-electron chi connectivity index (χ3n) is 3.18. The average Bonchev–Trinajstić information content (AvgIpc) is 2.08. The van der Waals surface area contributed by atoms with Gasteiger partial charge in [0.25, 0.3) is 0 Å². The minimum absolute atomic E-state index is 0. The van der Waals surface area contributed by atoms with Crippen molar-refractivity contribution in [2.45, 2.75) is 26.3 Å². The lowest BCUT2D eigenvalue weighted by Crippen LogP contribution is -2.53. The second-order valence-corrected chi connectivity index (χ2v) is 7.16. The highest BCUT2D eigenvalue weighted by Crippen LogP contribution is 2.27. The second-order valence-electron chi connectivity index (χ2n) is 5.33. The van der Waals surface area contributed by atoms with Crippen molar-refractivity contribution in [2.24, 2.45) is 11.1 Å². The summed E-state index contributed by atoms with van der Waals surface area (Å²) in [6.07, 6.45) is 2.16. The first-order chi connectivity index (χ1) is 7.21. The lowest BCUT2D eigenvalue weighted by atomic mass is 9.80. The van der Waals surface area contributed by atoms with Crippen LogP contribution in [0.2, 0.25) is 0 Å². The molecule has 1 fully saturated rings. The summed E-state index contributed by atoms with van der Waals surface area (Å²) in [5.41, 5.74) is 6.15. The molecule has 7 heteroatoms. The van der Waals surface area contributed by atoms with Crippen molar-refractivity contribution in [1.29, 1.82) is 0 Å². The van der Waals surface area contributed by atoms with Crippen molar-refractivity contribution in [3.63, 3.8) is 0 Å². The predicted octanol–water partition coefficient (Wildman–Crippen LogP) is 0.0166. The zero-order valence-corrected chi connectivity index (χ0v) is 12.4. The normalized spacial score (nSPS) is 25.3. The first-order valence-corrected chi connectivity index (χ1v) is 7.52. The zero-order valence-electron chi connectivity index (χ0n) is 10.8. The summed E-state index contributed by atoms with van der Waals surface area (Å²) in [7, 11) is -3.07. The summed E-state index contributed by atoms with van der Waals surface area (Å²) in [6.45, 7) is 7.44. The number of hydrogen-bond donors (Lipinski definition) is 2. The standard InChI is InChI=1S/C10H23N3O2S.ClH/c1-10(2)8-13(6-4-9(10)11)7-5-12-16(3,14)15;/h9,12H,4-8,11H2,1-3H3;1H. The fourth-order valence-electron chi connectivity index (χ4n) is 2.07. The third kappa shape index (κ3) is 6.01. The van der Waals surface area contributed by atoms with E-state index in [1.807, 2.05) is 0 Å². The van der Waals surface area contributed by atoms with Crippen LogP contribution in [-0.4, -0.2) is 51.8 Å². The number of likely N-dealkylation sites (tertiary alicyclic amines) is 1. The molecule has 3 N–H and O–H groups in total. The van der Waals surface area contributed by atoms with Crippen LogP contribution in [0.3, 0.4) is 0 Å². The van der Waals surface area contributed by atoms with E-state index in [0.717, 1.165) is 26.1 Å². The SMILES string of the molecule is CC1(C)CN(CCNS(C)(=O)=O)CCC1N.Cl. The largest absolute Gasteiger partial charge is 0.327 e. The molecule has 0 aromatic heterocycles. The molecule has 0 amide bonds. The fourth-order valence-corrected chi connectivity index (χ4v) is 2.53. The first kappa shape index (κ1) is 17.1. The molecule has 0 aromatic carbocycles. The van der Waals surface area contributed by atoms with Gasteiger partial charge in [-0.15, -0.1) is 12.4 Å². The van der Waals surface area contributed by atoms with Gasteiger partial charge in [0, 0.05) is 25.7 Å². The van der Waals surface area contributed by atoms with E-state index in [9.17, 15) is 8.42 Å². The Morgan fingerprint density at radius 2 is 2.06 bits per heavy atom. The van der Waals surface area contributed by atoms with Crippen molar-refractivity contribution in [1.82, 2.24) is 9.62 Å². The van der Waals surface area contributed by atoms with E-state index in [0.29, 0.717) is 6.54 Å². The summed E-state index contributed by atoms with van der Waals surface area (Å²) in [5.74, 6) is 0. The summed E-state index contributed by atoms with van der Waals surface area (Å²) in [6, 6.07) is 0.242. The highest BCUT2D eigenvalue weighted by atomic mass is 35.5. The van der Waals surface area contributed by atoms with E-state index in [1.165, 1.54) is 6.26 Å². The number of nitrogens with one attached hydrogen (secondary N) is 1. The fraction of sp³-hybridized carbons (Fsp3) is 1.00. The lowest BCUT2D eigenvalue weighted by Gasteiger charge is -2.42. The Labute approximate surface area is 111 Å². The molecular weight excluding hydrogens is 262 g/mol. The van der Waals surface area contributed by atoms with Gasteiger partial charge in [-0.2, -0.15) is 0 Å². The maximum Gasteiger partial charge on any atom is 0.208 e. The van der Waals surface area contributed by atoms with Gasteiger partial charge in [-0.3, -0.25) is 0 Å². The van der Waals surface area contributed by atoms with Crippen molar-refractivity contribution >= 4 is 22.4 Å². The number of piperidine rings is 1. The van der Waals surface area contributed by atoms with Gasteiger partial charge in [0.05, 0.1) is 6.26 Å². The average molecular weight is 286 g/mol. The third-order valence-corrected chi connectivity index (χ3v) is 3.91. The number of nitrogens with zero attached hydrogens (tertiary/aromatic N) is 1. The van der Waals surface area contributed by atoms with Crippen LogP contribution in [0.15, 0.2) is 0 Å². The number of sulfonamides is 1. The van der Waals surface area contributed by atoms with Crippen molar-refractivity contribution in [3.8, 4) is 0 Å². The van der Waals surface area contributed by atoms with Gasteiger partial charge < -0.3 is 10.6 Å². The van der Waals surface area contributed by atoms with E-state index in [-0.39, 0.29) is 23.9 Å². The van der Waals surface area contributed by atoms with Crippen LogP contribution in [0.25, 0.3) is 0 Å². The Hall–Kier alpha value is 0.120. The van der Waals surface area contributed by atoms with Crippen LogP contribution < -0.4 is 10.5 Å². The molecule has 1 heterocycles. The smallest absolute Gasteiger partial charge is 0.208 e. The van der Waals surface area contributed by atoms with Gasteiger partial charge in [0.1, 0.15) is 0 Å². The van der Waals surface area contributed by atoms with Crippen LogP contribution in [0.4, 0.5) is 0 Å². The van der Waals surface area contributed by atoms with Gasteiger partial charge in [0.15, 0.2) is 0 Å². The maximum absolute atomic E-state index is 10.9. The molecule has 1 rings (SSSR count). The van der Waals surface area contributed by atoms with E-state index >= 15 is 0 Å². The van der Waals surface area contributed by atoms with E-state index in [1.54, 1.807) is 0 Å². The highest BCUT2D eigenvalue weighted by molar-refractivity contribution is 7.88. The van der Waals surface area contributed by atoms with E-state index in [2.05, 4.69) is 23.5 Å². The monoisotopic (exact) mass is 285 g/mol. The molecule has 0 bridgehead atoms. The Morgan fingerprint density at radius 3 is 2.53 bits per heavy atom. The Bertz CT molecular complexity index is 332. The van der Waals surface area contributed by atoms with Gasteiger partial charge in [0.2, 0.25) is 10.0 Å². The first-order valence-electron chi connectivity index (χ1n) is 5.63. The number of rotatable bonds is 4. The van der Waals surface area contributed by atoms with Crippen LogP contribution in [0, 0.1) is 5.41 Å². The number of hydrogen-bond acceptors (Lipinski definition) is 4. The van der Waals surface area contributed by atoms with Crippen LogP contribution in [0.1, 0.15) is 20.3 Å². The summed E-state index contributed by atoms with van der Waals surface area (Å²) < 4.78 is 24.3. The molecule has 1 aliphatic heterocycles. The predicted molar refractivity (Wildman–Crippen MR) is 72.9 cm³/mol. The molecule has 1 atom stereocenters. The molecular formula is C10H24ClN3O2S. The van der Waals surface area contributed by atoms with Gasteiger partial charge in [-0.25, -0.2) is 13.1 Å². The molecule has 1 aliphatic rings. The van der Waals surface area contributed by atoms with Gasteiger partial charge >= 0.3 is 0 Å². The van der Waals surface area contributed by atoms with Crippen molar-refractivity contribution < 1.29 is 8.42 Å². The van der Waals surface area contributed by atoms with Crippen LogP contribution in [-0.2, 0) is 10.0 Å². The molecule has 0 saturated carbocycles. The minimum Gasteiger partial charge on any atom is -0.327 e. The van der Waals surface area contributed by atoms with Gasteiger partial charge in [-0.05, 0) is 18.4 Å². The van der Waals surface area contributed by atoms with Crippen molar-refractivity contribution in [3.05, 3.63) is 0 Å². The van der Waals surface area contributed by atoms with Crippen LogP contribution >= 0.6 is 12.4 Å². The maximum atomic E-state index is 10.9. The molecule has 0 radical (unpaired) electrons. The van der Waals surface area contributed by atoms with Crippen LogP contribution in [0.5, 0.6) is 0 Å². The summed E-state index contributed by atoms with van der Waals surface area (Å²) >= 11 is 0. The van der Waals surface area contributed by atoms with E-state index < -0.39 is 10.0 Å². The highest BCUT2D eigenvalue weighted by Gasteiger charge is 2.32. The molecule has 0 spiro atoms. The lowest BCUT2D eigenvalue weighted by molar-refractivity contribution is 0.0974. The molecule has 17 heavy (non-hydrogen) atoms. The quantitative estimate of drug-likeness (QED) is 0.763. The topological polar surface area (TPSA) is 75.4 Å². The van der Waals surface area contributed by atoms with Crippen molar-refractivity contribution in [2.75, 3.05) is 32.4 Å². The molecule has 1 unspecified atom stereocenters. The second kappa shape index (κ2) is 6.33. The Balaban J connectivity index is 0.00000256. The summed E-state index contributed by atoms with van der Waals surface area (Å²) in [4.78, 5) is 2.27. The Kier molecular flexibility index (Phi) is 6.38. The molecule has 0 aliphatic carbocycles. The molecule has 1 saturated heterocycles. The molecule has 5 nitrogen and oxygen atoms in total. The molecule has 0 aromatic rings. The van der Waals surface area contributed by atoms with Gasteiger partial charge in [-0.1, -0.05) is 13.8 Å². The molecule has 104 valence electrons. The zero-order chi connectivity index (χ0) is 12.4. The minimum atomic E-state index is -3.07. The number of halogens is 1. The summed E-state index contributed by atoms with van der Waals surface area (Å²) in [5, 5.41) is 0.